The van der Waals surface area contributed by atoms with Crippen molar-refractivity contribution in [1.82, 2.24) is 20.4 Å². The molecule has 2 aliphatic heterocycles. The molecule has 58 heavy (non-hydrogen) atoms. The average Bonchev–Trinajstić information content (AvgIpc) is 4.03. The van der Waals surface area contributed by atoms with Crippen LogP contribution in [-0.2, 0) is 35.1 Å². The van der Waals surface area contributed by atoms with E-state index in [-0.39, 0.29) is 17.7 Å². The molecule has 7 rings (SSSR count). The maximum Gasteiger partial charge on any atom is 0.407 e. The van der Waals surface area contributed by atoms with E-state index in [4.69, 9.17) is 4.74 Å². The van der Waals surface area contributed by atoms with Gasteiger partial charge < -0.3 is 45.3 Å². The van der Waals surface area contributed by atoms with Gasteiger partial charge in [0.15, 0.2) is 0 Å². The lowest BCUT2D eigenvalue weighted by atomic mass is 10.0. The quantitative estimate of drug-likeness (QED) is 0.131. The summed E-state index contributed by atoms with van der Waals surface area (Å²) < 4.78 is 9.32. The maximum absolute atomic E-state index is 13.6. The highest BCUT2D eigenvalue weighted by Gasteiger charge is 2.39. The number of nitrogens with zero attached hydrogens (tertiary/aromatic N) is 2. The molecule has 4 N–H and O–H groups in total. The fraction of sp³-hybridized carbons (Fsp3) is 0.318. The van der Waals surface area contributed by atoms with Gasteiger partial charge in [0.2, 0.25) is 5.91 Å². The van der Waals surface area contributed by atoms with Crippen molar-refractivity contribution in [3.05, 3.63) is 119 Å². The molecule has 302 valence electrons. The van der Waals surface area contributed by atoms with Crippen LogP contribution in [0.25, 0.3) is 11.1 Å². The summed E-state index contributed by atoms with van der Waals surface area (Å²) in [7, 11) is 4.40. The summed E-state index contributed by atoms with van der Waals surface area (Å²) in [5.41, 5.74) is 7.86. The van der Waals surface area contributed by atoms with Crippen LogP contribution in [-0.4, -0.2) is 92.4 Å². The van der Waals surface area contributed by atoms with Crippen molar-refractivity contribution in [2.75, 3.05) is 45.0 Å². The van der Waals surface area contributed by atoms with E-state index in [1.165, 1.54) is 35.8 Å². The molecule has 0 radical (unpaired) electrons. The summed E-state index contributed by atoms with van der Waals surface area (Å²) in [4.78, 5) is 77.2. The Kier molecular flexibility index (Phi) is 13.4. The lowest BCUT2D eigenvalue weighted by Crippen LogP contribution is -2.48. The van der Waals surface area contributed by atoms with E-state index < -0.39 is 36.4 Å². The first-order chi connectivity index (χ1) is 28.1. The predicted octanol–water partition coefficient (Wildman–Crippen LogP) is 5.60. The number of nitrogens with one attached hydrogen (secondary N) is 4. The largest absolute Gasteiger partial charge is 0.453 e. The summed E-state index contributed by atoms with van der Waals surface area (Å²) in [6, 6.07) is 27.4. The fourth-order valence-electron chi connectivity index (χ4n) is 7.73. The fourth-order valence-corrected chi connectivity index (χ4v) is 7.73. The Balaban J connectivity index is 0.000000229. The van der Waals surface area contributed by atoms with Gasteiger partial charge in [-0.25, -0.2) is 9.59 Å². The number of hydrogen-bond acceptors (Lipinski definition) is 9. The Labute approximate surface area is 337 Å². The Morgan fingerprint density at radius 1 is 0.672 bits per heavy atom. The summed E-state index contributed by atoms with van der Waals surface area (Å²) in [5, 5.41) is 11.4. The third-order valence-electron chi connectivity index (χ3n) is 10.7. The smallest absolute Gasteiger partial charge is 0.407 e. The third-order valence-corrected chi connectivity index (χ3v) is 10.7. The normalized spacial score (nSPS) is 17.3. The zero-order valence-electron chi connectivity index (χ0n) is 32.7. The van der Waals surface area contributed by atoms with Crippen molar-refractivity contribution < 1.29 is 38.2 Å². The van der Waals surface area contributed by atoms with Gasteiger partial charge in [-0.2, -0.15) is 0 Å². The molecule has 0 bridgehead atoms. The molecule has 5 amide bonds. The molecule has 0 saturated carbocycles. The summed E-state index contributed by atoms with van der Waals surface area (Å²) in [6.07, 6.45) is 2.91. The van der Waals surface area contributed by atoms with Crippen molar-refractivity contribution in [2.45, 2.75) is 56.3 Å². The summed E-state index contributed by atoms with van der Waals surface area (Å²) in [6.45, 7) is 0.963. The van der Waals surface area contributed by atoms with Gasteiger partial charge in [-0.05, 0) is 89.8 Å². The number of fused-ring (bicyclic) bond motifs is 3. The lowest BCUT2D eigenvalue weighted by Gasteiger charge is -2.28. The lowest BCUT2D eigenvalue weighted by molar-refractivity contribution is -0.138. The van der Waals surface area contributed by atoms with Gasteiger partial charge in [-0.3, -0.25) is 14.4 Å². The second-order valence-corrected chi connectivity index (χ2v) is 14.2. The molecule has 4 aromatic carbocycles. The third kappa shape index (κ3) is 9.28. The van der Waals surface area contributed by atoms with Crippen molar-refractivity contribution in [2.24, 2.45) is 0 Å². The number of alkyl carbamates (subject to hydrolysis) is 2. The van der Waals surface area contributed by atoms with Crippen LogP contribution in [0.4, 0.5) is 21.0 Å². The first kappa shape index (κ1) is 40.9. The van der Waals surface area contributed by atoms with Gasteiger partial charge in [0.05, 0.1) is 20.3 Å². The first-order valence-electron chi connectivity index (χ1n) is 19.3. The van der Waals surface area contributed by atoms with Crippen LogP contribution >= 0.6 is 0 Å². The highest BCUT2D eigenvalue weighted by Crippen LogP contribution is 2.39. The van der Waals surface area contributed by atoms with E-state index in [0.717, 1.165) is 30.4 Å². The van der Waals surface area contributed by atoms with Crippen molar-refractivity contribution in [1.29, 1.82) is 0 Å². The van der Waals surface area contributed by atoms with E-state index in [2.05, 4.69) is 44.2 Å². The van der Waals surface area contributed by atoms with E-state index in [9.17, 15) is 28.8 Å². The van der Waals surface area contributed by atoms with Crippen LogP contribution in [0.15, 0.2) is 97.1 Å². The molecule has 0 spiro atoms. The van der Waals surface area contributed by atoms with Crippen molar-refractivity contribution in [3.8, 4) is 11.1 Å². The van der Waals surface area contributed by atoms with Crippen molar-refractivity contribution >= 4 is 47.6 Å². The van der Waals surface area contributed by atoms with Gasteiger partial charge in [0.25, 0.3) is 11.8 Å². The van der Waals surface area contributed by atoms with Crippen LogP contribution < -0.4 is 21.3 Å². The molecule has 1 aliphatic carbocycles. The van der Waals surface area contributed by atoms with Gasteiger partial charge in [-0.1, -0.05) is 72.8 Å². The highest BCUT2D eigenvalue weighted by molar-refractivity contribution is 5.99. The number of amides is 5. The molecular formula is C44H48N6O8. The summed E-state index contributed by atoms with van der Waals surface area (Å²) in [5.74, 6) is -0.858. The molecular weight excluding hydrogens is 741 g/mol. The van der Waals surface area contributed by atoms with Crippen LogP contribution in [0.1, 0.15) is 60.0 Å². The van der Waals surface area contributed by atoms with Crippen LogP contribution in [0, 0.1) is 0 Å². The van der Waals surface area contributed by atoms with E-state index in [1.54, 1.807) is 53.4 Å². The number of methoxy groups -OCH3 is 2. The van der Waals surface area contributed by atoms with Gasteiger partial charge in [-0.15, -0.1) is 0 Å². The molecule has 2 heterocycles. The molecule has 4 unspecified atom stereocenters. The number of likely N-dealkylation sites (tertiary alicyclic amines) is 2. The number of aldehydes is 1. The van der Waals surface area contributed by atoms with Crippen LogP contribution in [0.5, 0.6) is 0 Å². The zero-order chi connectivity index (χ0) is 41.2. The molecule has 4 aromatic rings. The monoisotopic (exact) mass is 788 g/mol. The first-order valence-corrected chi connectivity index (χ1v) is 19.3. The Hall–Kier alpha value is -6.70. The molecule has 3 aliphatic rings. The summed E-state index contributed by atoms with van der Waals surface area (Å²) >= 11 is 0. The number of hydrogen-bond donors (Lipinski definition) is 4. The van der Waals surface area contributed by atoms with E-state index in [1.807, 2.05) is 37.4 Å². The van der Waals surface area contributed by atoms with E-state index in [0.29, 0.717) is 49.2 Å². The average molecular weight is 789 g/mol. The molecule has 4 atom stereocenters. The number of ether oxygens (including phenoxy) is 2. The number of carbonyl (C=O) groups is 6. The number of carbonyl (C=O) groups excluding carboxylic acids is 6. The predicted molar refractivity (Wildman–Crippen MR) is 218 cm³/mol. The number of rotatable bonds is 10. The Bertz CT molecular complexity index is 2130. The van der Waals surface area contributed by atoms with Gasteiger partial charge in [0, 0.05) is 31.5 Å². The van der Waals surface area contributed by atoms with Gasteiger partial charge in [0.1, 0.15) is 24.4 Å². The second kappa shape index (κ2) is 19.0. The highest BCUT2D eigenvalue weighted by atomic mass is 16.5. The molecule has 0 aromatic heterocycles. The zero-order valence-corrected chi connectivity index (χ0v) is 32.7. The topological polar surface area (TPSA) is 175 Å². The maximum atomic E-state index is 13.6. The Morgan fingerprint density at radius 3 is 1.71 bits per heavy atom. The minimum Gasteiger partial charge on any atom is -0.453 e. The number of anilines is 2. The van der Waals surface area contributed by atoms with Crippen LogP contribution in [0.3, 0.4) is 0 Å². The molecule has 2 saturated heterocycles. The van der Waals surface area contributed by atoms with Crippen molar-refractivity contribution in [3.63, 3.8) is 0 Å². The minimum atomic E-state index is -0.942. The SMILES string of the molecule is CNc1ccc2c(c1)Cc1cc(NC(=O)C3CCCN3C(=O)C(NC(=O)OC)c3ccccc3)ccc1-2.COC(=O)NC(C(=O)N1CCCC1C=O)c1ccccc1. The number of benzene rings is 4. The standard InChI is InChI=1S/C29H30N4O4.C15H18N2O4/c1-30-21-10-12-23-19(16-21)15-20-17-22(11-13-24(20)23)31-27(34)25-9-6-14-33(25)28(35)26(32-29(36)37-2)18-7-4-3-5-8-18;1-21-15(20)16-13(11-6-3-2-4-7-11)14(19)17-9-5-8-12(17)10-18/h3-5,7-8,10-13,16-17,25-26,30H,6,9,14-15H2,1-2H3,(H,31,34)(H,32,36);2-4,6-7,10,12-13H,5,8-9H2,1H3,(H,16,20). The molecule has 2 fully saturated rings. The van der Waals surface area contributed by atoms with Crippen LogP contribution in [0.2, 0.25) is 0 Å². The van der Waals surface area contributed by atoms with E-state index >= 15 is 0 Å². The molecule has 14 heteroatoms. The van der Waals surface area contributed by atoms with Gasteiger partial charge >= 0.3 is 12.2 Å². The Morgan fingerprint density at radius 2 is 1.17 bits per heavy atom. The molecule has 14 nitrogen and oxygen atoms in total. The minimum absolute atomic E-state index is 0.233. The second-order valence-electron chi connectivity index (χ2n) is 14.2.